The minimum absolute atomic E-state index is 0.175. The van der Waals surface area contributed by atoms with Crippen molar-refractivity contribution in [3.05, 3.63) is 35.4 Å². The Morgan fingerprint density at radius 3 is 2.50 bits per heavy atom. The first-order valence-corrected chi connectivity index (χ1v) is 7.01. The molecule has 1 aromatic carbocycles. The van der Waals surface area contributed by atoms with Crippen molar-refractivity contribution in [2.45, 2.75) is 39.7 Å². The maximum Gasteiger partial charge on any atom is 0.0307 e. The van der Waals surface area contributed by atoms with Gasteiger partial charge in [-0.1, -0.05) is 43.7 Å². The van der Waals surface area contributed by atoms with Gasteiger partial charge >= 0.3 is 0 Å². The second kappa shape index (κ2) is 5.41. The molecule has 0 bridgehead atoms. The quantitative estimate of drug-likeness (QED) is 0.884. The van der Waals surface area contributed by atoms with Crippen molar-refractivity contribution in [2.24, 2.45) is 11.1 Å². The van der Waals surface area contributed by atoms with Crippen LogP contribution in [0.1, 0.15) is 43.9 Å². The fourth-order valence-electron chi connectivity index (χ4n) is 2.72. The molecule has 18 heavy (non-hydrogen) atoms. The zero-order chi connectivity index (χ0) is 13.2. The van der Waals surface area contributed by atoms with Crippen LogP contribution >= 0.6 is 0 Å². The second-order valence-electron chi connectivity index (χ2n) is 6.50. The second-order valence-corrected chi connectivity index (χ2v) is 6.50. The third kappa shape index (κ3) is 3.56. The van der Waals surface area contributed by atoms with Crippen LogP contribution in [0.15, 0.2) is 24.3 Å². The van der Waals surface area contributed by atoms with Crippen molar-refractivity contribution in [2.75, 3.05) is 19.6 Å². The van der Waals surface area contributed by atoms with Crippen molar-refractivity contribution in [3.8, 4) is 0 Å². The zero-order valence-electron chi connectivity index (χ0n) is 11.9. The largest absolute Gasteiger partial charge is 0.324 e. The van der Waals surface area contributed by atoms with Crippen LogP contribution in [-0.4, -0.2) is 24.5 Å². The van der Waals surface area contributed by atoms with Gasteiger partial charge in [-0.15, -0.1) is 0 Å². The summed E-state index contributed by atoms with van der Waals surface area (Å²) >= 11 is 0. The van der Waals surface area contributed by atoms with E-state index in [-0.39, 0.29) is 6.04 Å². The van der Waals surface area contributed by atoms with Crippen LogP contribution in [0.3, 0.4) is 0 Å². The molecule has 1 aliphatic heterocycles. The minimum atomic E-state index is 0.175. The molecule has 1 fully saturated rings. The predicted molar refractivity (Wildman–Crippen MR) is 77.6 cm³/mol. The van der Waals surface area contributed by atoms with Gasteiger partial charge in [0.15, 0.2) is 0 Å². The topological polar surface area (TPSA) is 29.3 Å². The van der Waals surface area contributed by atoms with E-state index in [0.717, 1.165) is 13.0 Å². The summed E-state index contributed by atoms with van der Waals surface area (Å²) in [6.07, 6.45) is 2.37. The first kappa shape index (κ1) is 13.6. The molecule has 1 atom stereocenters. The van der Waals surface area contributed by atoms with E-state index >= 15 is 0 Å². The average Bonchev–Trinajstić information content (AvgIpc) is 2.67. The lowest BCUT2D eigenvalue weighted by Gasteiger charge is -2.21. The van der Waals surface area contributed by atoms with Crippen molar-refractivity contribution < 1.29 is 0 Å². The monoisotopic (exact) mass is 246 g/mol. The molecule has 2 rings (SSSR count). The Labute approximate surface area is 111 Å². The van der Waals surface area contributed by atoms with E-state index in [1.807, 2.05) is 0 Å². The van der Waals surface area contributed by atoms with E-state index in [1.165, 1.54) is 30.6 Å². The Hall–Kier alpha value is -0.860. The normalized spacial score (nSPS) is 21.1. The molecule has 0 amide bonds. The Morgan fingerprint density at radius 1 is 1.28 bits per heavy atom. The average molecular weight is 246 g/mol. The molecule has 1 saturated heterocycles. The summed E-state index contributed by atoms with van der Waals surface area (Å²) in [7, 11) is 0. The summed E-state index contributed by atoms with van der Waals surface area (Å²) in [6, 6.07) is 8.79. The SMILES string of the molecule is Cc1ccc(C(N)CCN2CCC(C)(C)C2)cc1. The van der Waals surface area contributed by atoms with Crippen LogP contribution in [0.25, 0.3) is 0 Å². The molecular weight excluding hydrogens is 220 g/mol. The summed E-state index contributed by atoms with van der Waals surface area (Å²) in [5, 5.41) is 0. The molecule has 1 aromatic rings. The number of nitrogens with two attached hydrogens (primary N) is 1. The Kier molecular flexibility index (Phi) is 4.08. The molecule has 0 spiro atoms. The number of hydrogen-bond donors (Lipinski definition) is 1. The van der Waals surface area contributed by atoms with E-state index in [2.05, 4.69) is 49.9 Å². The summed E-state index contributed by atoms with van der Waals surface area (Å²) in [5.41, 5.74) is 9.32. The smallest absolute Gasteiger partial charge is 0.0307 e. The molecule has 1 unspecified atom stereocenters. The first-order valence-electron chi connectivity index (χ1n) is 7.01. The van der Waals surface area contributed by atoms with Crippen LogP contribution in [0.2, 0.25) is 0 Å². The molecule has 100 valence electrons. The number of rotatable bonds is 4. The van der Waals surface area contributed by atoms with Crippen LogP contribution in [0, 0.1) is 12.3 Å². The molecule has 1 heterocycles. The highest BCUT2D eigenvalue weighted by atomic mass is 15.1. The van der Waals surface area contributed by atoms with Gasteiger partial charge < -0.3 is 10.6 Å². The lowest BCUT2D eigenvalue weighted by Crippen LogP contribution is -2.27. The molecule has 2 heteroatoms. The van der Waals surface area contributed by atoms with Gasteiger partial charge in [-0.05, 0) is 43.8 Å². The highest BCUT2D eigenvalue weighted by molar-refractivity contribution is 5.23. The number of benzene rings is 1. The molecule has 2 nitrogen and oxygen atoms in total. The maximum atomic E-state index is 6.26. The fourth-order valence-corrected chi connectivity index (χ4v) is 2.72. The molecule has 0 saturated carbocycles. The first-order chi connectivity index (χ1) is 8.46. The van der Waals surface area contributed by atoms with Gasteiger partial charge in [0, 0.05) is 12.6 Å². The summed E-state index contributed by atoms with van der Waals surface area (Å²) in [5.74, 6) is 0. The van der Waals surface area contributed by atoms with Gasteiger partial charge in [0.25, 0.3) is 0 Å². The van der Waals surface area contributed by atoms with E-state index in [4.69, 9.17) is 5.73 Å². The van der Waals surface area contributed by atoms with E-state index in [9.17, 15) is 0 Å². The van der Waals surface area contributed by atoms with Crippen LogP contribution < -0.4 is 5.73 Å². The van der Waals surface area contributed by atoms with E-state index in [1.54, 1.807) is 0 Å². The molecule has 0 radical (unpaired) electrons. The highest BCUT2D eigenvalue weighted by Crippen LogP contribution is 2.29. The summed E-state index contributed by atoms with van der Waals surface area (Å²) in [4.78, 5) is 2.55. The Balaban J connectivity index is 1.82. The van der Waals surface area contributed by atoms with Crippen LogP contribution in [-0.2, 0) is 0 Å². The van der Waals surface area contributed by atoms with Crippen molar-refractivity contribution in [1.82, 2.24) is 4.90 Å². The van der Waals surface area contributed by atoms with E-state index in [0.29, 0.717) is 5.41 Å². The van der Waals surface area contributed by atoms with Crippen molar-refractivity contribution in [1.29, 1.82) is 0 Å². The summed E-state index contributed by atoms with van der Waals surface area (Å²) < 4.78 is 0. The van der Waals surface area contributed by atoms with Gasteiger partial charge in [0.2, 0.25) is 0 Å². The number of likely N-dealkylation sites (tertiary alicyclic amines) is 1. The lowest BCUT2D eigenvalue weighted by molar-refractivity contribution is 0.281. The number of nitrogens with zero attached hydrogens (tertiary/aromatic N) is 1. The minimum Gasteiger partial charge on any atom is -0.324 e. The molecule has 2 N–H and O–H groups in total. The van der Waals surface area contributed by atoms with Gasteiger partial charge in [0.1, 0.15) is 0 Å². The van der Waals surface area contributed by atoms with Gasteiger partial charge in [0.05, 0.1) is 0 Å². The lowest BCUT2D eigenvalue weighted by atomic mass is 9.93. The molecule has 1 aliphatic rings. The fraction of sp³-hybridized carbons (Fsp3) is 0.625. The van der Waals surface area contributed by atoms with Gasteiger partial charge in [-0.25, -0.2) is 0 Å². The van der Waals surface area contributed by atoms with Crippen molar-refractivity contribution >= 4 is 0 Å². The number of hydrogen-bond acceptors (Lipinski definition) is 2. The van der Waals surface area contributed by atoms with Crippen LogP contribution in [0.5, 0.6) is 0 Å². The third-order valence-electron chi connectivity index (χ3n) is 4.02. The van der Waals surface area contributed by atoms with Crippen molar-refractivity contribution in [3.63, 3.8) is 0 Å². The van der Waals surface area contributed by atoms with Gasteiger partial charge in [-0.2, -0.15) is 0 Å². The Bertz CT molecular complexity index is 381. The number of aryl methyl sites for hydroxylation is 1. The zero-order valence-corrected chi connectivity index (χ0v) is 11.9. The highest BCUT2D eigenvalue weighted by Gasteiger charge is 2.28. The predicted octanol–water partition coefficient (Wildman–Crippen LogP) is 3.12. The van der Waals surface area contributed by atoms with Crippen LogP contribution in [0.4, 0.5) is 0 Å². The Morgan fingerprint density at radius 2 is 1.94 bits per heavy atom. The van der Waals surface area contributed by atoms with E-state index < -0.39 is 0 Å². The molecule has 0 aliphatic carbocycles. The van der Waals surface area contributed by atoms with Gasteiger partial charge in [-0.3, -0.25) is 0 Å². The molecule has 0 aromatic heterocycles. The molecular formula is C16H26N2. The summed E-state index contributed by atoms with van der Waals surface area (Å²) in [6.45, 7) is 10.4. The maximum absolute atomic E-state index is 6.26. The standard InChI is InChI=1S/C16H26N2/c1-13-4-6-14(7-5-13)15(17)8-10-18-11-9-16(2,3)12-18/h4-7,15H,8-12,17H2,1-3H3. The third-order valence-corrected chi connectivity index (χ3v) is 4.02.